The predicted molar refractivity (Wildman–Crippen MR) is 43.9 cm³/mol. The van der Waals surface area contributed by atoms with Crippen molar-refractivity contribution in [3.05, 3.63) is 35.1 Å². The largest absolute Gasteiger partial charge is 0.482 e. The molecule has 0 aliphatic rings. The Kier molecular flexibility index (Phi) is 2.64. The average molecular weight is 191 g/mol. The summed E-state index contributed by atoms with van der Waals surface area (Å²) in [4.78, 5) is 0. The number of halogens is 4. The SMILES string of the molecule is Cc1cc(F)cc(C[B-](F)(F)F)c1. The van der Waals surface area contributed by atoms with Gasteiger partial charge in [-0.05, 0) is 24.6 Å². The molecule has 0 unspecified atom stereocenters. The Morgan fingerprint density at radius 1 is 1.15 bits per heavy atom. The fourth-order valence-electron chi connectivity index (χ4n) is 1.20. The lowest BCUT2D eigenvalue weighted by Gasteiger charge is -2.13. The van der Waals surface area contributed by atoms with Gasteiger partial charge in [-0.3, -0.25) is 0 Å². The van der Waals surface area contributed by atoms with Gasteiger partial charge >= 0.3 is 6.98 Å². The summed E-state index contributed by atoms with van der Waals surface area (Å²) in [6.45, 7) is -3.31. The van der Waals surface area contributed by atoms with E-state index in [1.165, 1.54) is 12.1 Å². The summed E-state index contributed by atoms with van der Waals surface area (Å²) in [5.74, 6) is -0.616. The van der Waals surface area contributed by atoms with E-state index >= 15 is 0 Å². The molecule has 0 heterocycles. The Hall–Kier alpha value is -0.995. The van der Waals surface area contributed by atoms with E-state index in [4.69, 9.17) is 0 Å². The minimum atomic E-state index is -4.88. The van der Waals surface area contributed by atoms with Gasteiger partial charge in [-0.15, -0.1) is 0 Å². The van der Waals surface area contributed by atoms with Crippen molar-refractivity contribution in [1.29, 1.82) is 0 Å². The molecule has 0 fully saturated rings. The van der Waals surface area contributed by atoms with Gasteiger partial charge in [0, 0.05) is 0 Å². The van der Waals surface area contributed by atoms with Gasteiger partial charge in [0.2, 0.25) is 0 Å². The van der Waals surface area contributed by atoms with Crippen molar-refractivity contribution in [3.8, 4) is 0 Å². The minimum Gasteiger partial charge on any atom is -0.449 e. The maximum atomic E-state index is 12.6. The molecule has 0 N–H and O–H groups in total. The van der Waals surface area contributed by atoms with E-state index in [-0.39, 0.29) is 5.56 Å². The topological polar surface area (TPSA) is 0 Å². The lowest BCUT2D eigenvalue weighted by molar-refractivity contribution is 0.468. The Balaban J connectivity index is 2.90. The van der Waals surface area contributed by atoms with Crippen LogP contribution in [0, 0.1) is 12.7 Å². The van der Waals surface area contributed by atoms with Crippen LogP contribution in [0.3, 0.4) is 0 Å². The van der Waals surface area contributed by atoms with Crippen LogP contribution in [0.25, 0.3) is 0 Å². The summed E-state index contributed by atoms with van der Waals surface area (Å²) < 4.78 is 48.5. The Labute approximate surface area is 73.6 Å². The zero-order chi connectivity index (χ0) is 10.1. The molecular weight excluding hydrogens is 183 g/mol. The summed E-state index contributed by atoms with van der Waals surface area (Å²) in [7, 11) is 0. The van der Waals surface area contributed by atoms with Gasteiger partial charge in [-0.2, -0.15) is 0 Å². The van der Waals surface area contributed by atoms with Crippen LogP contribution in [-0.4, -0.2) is 6.98 Å². The molecule has 0 saturated carbocycles. The summed E-state index contributed by atoms with van der Waals surface area (Å²) in [5, 5.41) is 0. The zero-order valence-electron chi connectivity index (χ0n) is 7.03. The van der Waals surface area contributed by atoms with Crippen molar-refractivity contribution >= 4 is 6.98 Å². The summed E-state index contributed by atoms with van der Waals surface area (Å²) in [6.07, 6.45) is -1.02. The molecule has 0 aromatic heterocycles. The van der Waals surface area contributed by atoms with E-state index in [0.29, 0.717) is 5.56 Å². The van der Waals surface area contributed by atoms with Crippen molar-refractivity contribution in [2.75, 3.05) is 0 Å². The fraction of sp³-hybridized carbons (Fsp3) is 0.250. The molecule has 0 aliphatic heterocycles. The van der Waals surface area contributed by atoms with E-state index in [1.807, 2.05) is 0 Å². The summed E-state index contributed by atoms with van der Waals surface area (Å²) in [6, 6.07) is 3.47. The maximum absolute atomic E-state index is 12.6. The first-order valence-electron chi connectivity index (χ1n) is 3.84. The summed E-state index contributed by atoms with van der Waals surface area (Å²) >= 11 is 0. The molecule has 0 aliphatic carbocycles. The molecule has 1 aromatic rings. The van der Waals surface area contributed by atoms with Crippen LogP contribution in [0.5, 0.6) is 0 Å². The molecule has 13 heavy (non-hydrogen) atoms. The number of hydrogen-bond donors (Lipinski definition) is 0. The first-order chi connectivity index (χ1) is 5.87. The van der Waals surface area contributed by atoms with Crippen molar-refractivity contribution in [1.82, 2.24) is 0 Å². The molecule has 0 nitrogen and oxygen atoms in total. The first kappa shape index (κ1) is 10.1. The van der Waals surface area contributed by atoms with Crippen LogP contribution in [0.2, 0.25) is 0 Å². The second-order valence-electron chi connectivity index (χ2n) is 3.05. The third kappa shape index (κ3) is 3.48. The third-order valence-electron chi connectivity index (χ3n) is 1.57. The van der Waals surface area contributed by atoms with Crippen LogP contribution in [0.1, 0.15) is 11.1 Å². The van der Waals surface area contributed by atoms with E-state index < -0.39 is 19.1 Å². The van der Waals surface area contributed by atoms with Crippen molar-refractivity contribution < 1.29 is 17.3 Å². The molecule has 0 saturated heterocycles. The van der Waals surface area contributed by atoms with Crippen molar-refractivity contribution in [2.45, 2.75) is 13.2 Å². The third-order valence-corrected chi connectivity index (χ3v) is 1.57. The molecule has 0 spiro atoms. The zero-order valence-corrected chi connectivity index (χ0v) is 7.03. The predicted octanol–water partition coefficient (Wildman–Crippen LogP) is 3.06. The average Bonchev–Trinajstić information content (AvgIpc) is 1.78. The molecule has 72 valence electrons. The fourth-order valence-corrected chi connectivity index (χ4v) is 1.20. The highest BCUT2D eigenvalue weighted by Crippen LogP contribution is 2.18. The Morgan fingerprint density at radius 3 is 2.23 bits per heavy atom. The van der Waals surface area contributed by atoms with Crippen LogP contribution >= 0.6 is 0 Å². The normalized spacial score (nSPS) is 11.8. The second kappa shape index (κ2) is 3.40. The van der Waals surface area contributed by atoms with Crippen molar-refractivity contribution in [3.63, 3.8) is 0 Å². The van der Waals surface area contributed by atoms with Gasteiger partial charge in [0.1, 0.15) is 5.82 Å². The van der Waals surface area contributed by atoms with Gasteiger partial charge in [-0.1, -0.05) is 17.9 Å². The van der Waals surface area contributed by atoms with Gasteiger partial charge in [0.15, 0.2) is 0 Å². The van der Waals surface area contributed by atoms with E-state index in [9.17, 15) is 17.3 Å². The Bertz CT molecular complexity index is 285. The number of benzene rings is 1. The monoisotopic (exact) mass is 191 g/mol. The van der Waals surface area contributed by atoms with Gasteiger partial charge in [0.25, 0.3) is 0 Å². The lowest BCUT2D eigenvalue weighted by Crippen LogP contribution is -2.19. The lowest BCUT2D eigenvalue weighted by atomic mass is 9.81. The molecule has 1 aromatic carbocycles. The van der Waals surface area contributed by atoms with E-state index in [1.54, 1.807) is 6.92 Å². The maximum Gasteiger partial charge on any atom is 0.482 e. The quantitative estimate of drug-likeness (QED) is 0.497. The molecule has 1 rings (SSSR count). The van der Waals surface area contributed by atoms with Crippen LogP contribution < -0.4 is 0 Å². The molecule has 0 radical (unpaired) electrons. The van der Waals surface area contributed by atoms with Crippen LogP contribution in [0.15, 0.2) is 18.2 Å². The van der Waals surface area contributed by atoms with Gasteiger partial charge in [-0.25, -0.2) is 4.39 Å². The number of hydrogen-bond acceptors (Lipinski definition) is 0. The second-order valence-corrected chi connectivity index (χ2v) is 3.05. The smallest absolute Gasteiger partial charge is 0.449 e. The van der Waals surface area contributed by atoms with Crippen LogP contribution in [-0.2, 0) is 6.32 Å². The number of aryl methyl sites for hydroxylation is 1. The molecule has 5 heteroatoms. The summed E-state index contributed by atoms with van der Waals surface area (Å²) in [5.41, 5.74) is 0.500. The molecule has 0 amide bonds. The Morgan fingerprint density at radius 2 is 1.77 bits per heavy atom. The van der Waals surface area contributed by atoms with Crippen LogP contribution in [0.4, 0.5) is 17.3 Å². The molecule has 0 bridgehead atoms. The van der Waals surface area contributed by atoms with Gasteiger partial charge in [0.05, 0.1) is 0 Å². The number of rotatable bonds is 2. The van der Waals surface area contributed by atoms with Crippen molar-refractivity contribution in [2.24, 2.45) is 0 Å². The highest BCUT2D eigenvalue weighted by Gasteiger charge is 2.23. The molecule has 0 atom stereocenters. The van der Waals surface area contributed by atoms with Gasteiger partial charge < -0.3 is 12.9 Å². The minimum absolute atomic E-state index is 0.00926. The highest BCUT2D eigenvalue weighted by atomic mass is 19.4. The molecular formula is C8H8BF4-. The highest BCUT2D eigenvalue weighted by molar-refractivity contribution is 6.57. The standard InChI is InChI=1S/C8H8BF4/c1-6-2-7(4-8(10)3-6)5-9(11,12)13/h2-4H,5H2,1H3/q-1. The van der Waals surface area contributed by atoms with E-state index in [0.717, 1.165) is 6.07 Å². The first-order valence-corrected chi connectivity index (χ1v) is 3.84. The van der Waals surface area contributed by atoms with E-state index in [2.05, 4.69) is 0 Å².